The van der Waals surface area contributed by atoms with Gasteiger partial charge in [0.15, 0.2) is 0 Å². The Morgan fingerprint density at radius 2 is 1.88 bits per heavy atom. The zero-order valence-electron chi connectivity index (χ0n) is 17.6. The minimum atomic E-state index is -1.47. The van der Waals surface area contributed by atoms with Crippen LogP contribution in [0.25, 0.3) is 0 Å². The molecule has 0 saturated carbocycles. The van der Waals surface area contributed by atoms with E-state index in [2.05, 4.69) is 5.32 Å². The van der Waals surface area contributed by atoms with Crippen LogP contribution in [0.4, 0.5) is 19.3 Å². The molecule has 2 aromatic rings. The van der Waals surface area contributed by atoms with Gasteiger partial charge in [-0.05, 0) is 50.6 Å². The predicted molar refractivity (Wildman–Crippen MR) is 115 cm³/mol. The number of carbonyl (C=O) groups is 3. The topological polar surface area (TPSA) is 95.9 Å². The summed E-state index contributed by atoms with van der Waals surface area (Å²) in [5.74, 6) is -3.31. The summed E-state index contributed by atoms with van der Waals surface area (Å²) >= 11 is 1.11. The minimum Gasteiger partial charge on any atom is -0.478 e. The molecule has 1 atom stereocenters. The molecular formula is C22H22F2N2O5S. The third kappa shape index (κ3) is 5.56. The predicted octanol–water partition coefficient (Wildman–Crippen LogP) is 4.20. The summed E-state index contributed by atoms with van der Waals surface area (Å²) in [5, 5.41) is 11.9. The van der Waals surface area contributed by atoms with E-state index in [-0.39, 0.29) is 18.0 Å². The van der Waals surface area contributed by atoms with E-state index < -0.39 is 46.8 Å². The number of benzene rings is 2. The van der Waals surface area contributed by atoms with Gasteiger partial charge in [0.2, 0.25) is 0 Å². The molecule has 0 aliphatic carbocycles. The number of carboxylic acid groups (broad SMARTS) is 1. The second-order valence-electron chi connectivity index (χ2n) is 8.17. The van der Waals surface area contributed by atoms with Gasteiger partial charge in [-0.25, -0.2) is 18.4 Å². The molecule has 0 bridgehead atoms. The van der Waals surface area contributed by atoms with Gasteiger partial charge in [-0.15, -0.1) is 11.8 Å². The Balaban J connectivity index is 2.00. The Morgan fingerprint density at radius 1 is 1.22 bits per heavy atom. The zero-order chi connectivity index (χ0) is 23.6. The van der Waals surface area contributed by atoms with Gasteiger partial charge in [0.1, 0.15) is 23.3 Å². The monoisotopic (exact) mass is 464 g/mol. The molecule has 1 heterocycles. The highest BCUT2D eigenvalue weighted by Crippen LogP contribution is 2.37. The molecule has 0 fully saturated rings. The van der Waals surface area contributed by atoms with Gasteiger partial charge in [0.05, 0.1) is 17.8 Å². The molecule has 0 unspecified atom stereocenters. The van der Waals surface area contributed by atoms with Crippen LogP contribution in [0.15, 0.2) is 41.3 Å². The highest BCUT2D eigenvalue weighted by molar-refractivity contribution is 7.99. The van der Waals surface area contributed by atoms with Gasteiger partial charge >= 0.3 is 12.1 Å². The van der Waals surface area contributed by atoms with Crippen LogP contribution in [0.5, 0.6) is 0 Å². The van der Waals surface area contributed by atoms with Gasteiger partial charge in [-0.2, -0.15) is 0 Å². The molecule has 2 aromatic carbocycles. The lowest BCUT2D eigenvalue weighted by molar-refractivity contribution is -0.120. The number of thioether (sulfide) groups is 1. The van der Waals surface area contributed by atoms with Gasteiger partial charge in [-0.3, -0.25) is 4.79 Å². The van der Waals surface area contributed by atoms with Crippen molar-refractivity contribution in [2.45, 2.75) is 43.9 Å². The summed E-state index contributed by atoms with van der Waals surface area (Å²) in [6.07, 6.45) is -0.790. The number of amides is 2. The maximum Gasteiger partial charge on any atom is 0.408 e. The quantitative estimate of drug-likeness (QED) is 0.704. The molecule has 0 spiro atoms. The van der Waals surface area contributed by atoms with E-state index in [0.29, 0.717) is 10.5 Å². The summed E-state index contributed by atoms with van der Waals surface area (Å²) in [4.78, 5) is 38.7. The van der Waals surface area contributed by atoms with Crippen molar-refractivity contribution in [2.75, 3.05) is 10.7 Å². The molecule has 0 aromatic heterocycles. The average molecular weight is 464 g/mol. The lowest BCUT2D eigenvalue weighted by Gasteiger charge is -2.27. The molecule has 0 radical (unpaired) electrons. The molecule has 2 N–H and O–H groups in total. The summed E-state index contributed by atoms with van der Waals surface area (Å²) in [5.41, 5.74) is -0.604. The normalized spacial score (nSPS) is 16.2. The smallest absolute Gasteiger partial charge is 0.408 e. The van der Waals surface area contributed by atoms with E-state index in [0.717, 1.165) is 23.9 Å². The fourth-order valence-corrected chi connectivity index (χ4v) is 4.15. The maximum absolute atomic E-state index is 14.3. The standard InChI is InChI=1S/C22H22F2N2O5S/c1-22(2,3)31-21(30)25-16-11-32-18-9-15(24)14(20(28)29)8-17(18)26(19(16)27)10-12-4-6-13(23)7-5-12/h4-9,16H,10-11H2,1-3H3,(H,25,30)(H,28,29)/t16-/m0/s1. The number of ether oxygens (including phenoxy) is 1. The first-order chi connectivity index (χ1) is 14.9. The number of hydrogen-bond donors (Lipinski definition) is 2. The number of carboxylic acids is 1. The summed E-state index contributed by atoms with van der Waals surface area (Å²) in [6, 6.07) is 6.57. The molecule has 32 heavy (non-hydrogen) atoms. The summed E-state index contributed by atoms with van der Waals surface area (Å²) in [7, 11) is 0. The van der Waals surface area contributed by atoms with Crippen LogP contribution >= 0.6 is 11.8 Å². The molecule has 3 rings (SSSR count). The lowest BCUT2D eigenvalue weighted by atomic mass is 10.1. The van der Waals surface area contributed by atoms with Gasteiger partial charge in [0, 0.05) is 10.6 Å². The van der Waals surface area contributed by atoms with Crippen LogP contribution in [0, 0.1) is 11.6 Å². The number of aromatic carboxylic acids is 1. The van der Waals surface area contributed by atoms with E-state index in [1.54, 1.807) is 20.8 Å². The minimum absolute atomic E-state index is 0.0378. The second kappa shape index (κ2) is 9.15. The van der Waals surface area contributed by atoms with Crippen molar-refractivity contribution in [1.29, 1.82) is 0 Å². The van der Waals surface area contributed by atoms with E-state index in [1.165, 1.54) is 29.2 Å². The number of halogens is 2. The van der Waals surface area contributed by atoms with Crippen molar-refractivity contribution in [2.24, 2.45) is 0 Å². The van der Waals surface area contributed by atoms with Gasteiger partial charge < -0.3 is 20.1 Å². The number of carbonyl (C=O) groups excluding carboxylic acids is 2. The number of nitrogens with zero attached hydrogens (tertiary/aromatic N) is 1. The fourth-order valence-electron chi connectivity index (χ4n) is 3.07. The van der Waals surface area contributed by atoms with Crippen molar-refractivity contribution < 1.29 is 33.0 Å². The molecule has 1 aliphatic rings. The maximum atomic E-state index is 14.3. The van der Waals surface area contributed by atoms with Crippen LogP contribution in [-0.2, 0) is 16.1 Å². The first kappa shape index (κ1) is 23.5. The van der Waals surface area contributed by atoms with E-state index in [1.807, 2.05) is 0 Å². The van der Waals surface area contributed by atoms with Crippen molar-refractivity contribution in [3.63, 3.8) is 0 Å². The third-order valence-corrected chi connectivity index (χ3v) is 5.62. The van der Waals surface area contributed by atoms with E-state index in [4.69, 9.17) is 4.74 Å². The van der Waals surface area contributed by atoms with Gasteiger partial charge in [-0.1, -0.05) is 12.1 Å². The Bertz CT molecular complexity index is 1050. The summed E-state index contributed by atoms with van der Waals surface area (Å²) in [6.45, 7) is 5.01. The average Bonchev–Trinajstić information content (AvgIpc) is 2.79. The number of nitrogens with one attached hydrogen (secondary N) is 1. The number of rotatable bonds is 4. The third-order valence-electron chi connectivity index (χ3n) is 4.48. The van der Waals surface area contributed by atoms with E-state index >= 15 is 0 Å². The van der Waals surface area contributed by atoms with E-state index in [9.17, 15) is 28.3 Å². The Kier molecular flexibility index (Phi) is 6.73. The van der Waals surface area contributed by atoms with Gasteiger partial charge in [0.25, 0.3) is 5.91 Å². The second-order valence-corrected chi connectivity index (χ2v) is 9.23. The Labute approximate surface area is 187 Å². The molecular weight excluding hydrogens is 442 g/mol. The number of hydrogen-bond acceptors (Lipinski definition) is 5. The molecule has 1 aliphatic heterocycles. The Hall–Kier alpha value is -3.14. The van der Waals surface area contributed by atoms with Crippen molar-refractivity contribution in [1.82, 2.24) is 5.32 Å². The summed E-state index contributed by atoms with van der Waals surface area (Å²) < 4.78 is 32.9. The molecule has 0 saturated heterocycles. The first-order valence-corrected chi connectivity index (χ1v) is 10.7. The molecule has 170 valence electrons. The first-order valence-electron chi connectivity index (χ1n) is 9.69. The van der Waals surface area contributed by atoms with Crippen LogP contribution in [0.2, 0.25) is 0 Å². The van der Waals surface area contributed by atoms with Crippen LogP contribution in [-0.4, -0.2) is 40.5 Å². The van der Waals surface area contributed by atoms with Crippen molar-refractivity contribution in [3.05, 3.63) is 59.2 Å². The molecule has 10 heteroatoms. The fraction of sp³-hybridized carbons (Fsp3) is 0.318. The van der Waals surface area contributed by atoms with Crippen LogP contribution < -0.4 is 10.2 Å². The Morgan fingerprint density at radius 3 is 2.47 bits per heavy atom. The van der Waals surface area contributed by atoms with Crippen LogP contribution in [0.1, 0.15) is 36.7 Å². The SMILES string of the molecule is CC(C)(C)OC(=O)N[C@H]1CSc2cc(F)c(C(=O)O)cc2N(Cc2ccc(F)cc2)C1=O. The van der Waals surface area contributed by atoms with Crippen molar-refractivity contribution >= 4 is 35.4 Å². The van der Waals surface area contributed by atoms with Crippen LogP contribution in [0.3, 0.4) is 0 Å². The number of anilines is 1. The lowest BCUT2D eigenvalue weighted by Crippen LogP contribution is -2.50. The number of fused-ring (bicyclic) bond motifs is 1. The molecule has 7 nitrogen and oxygen atoms in total. The number of alkyl carbamates (subject to hydrolysis) is 1. The van der Waals surface area contributed by atoms with Crippen molar-refractivity contribution in [3.8, 4) is 0 Å². The largest absolute Gasteiger partial charge is 0.478 e. The highest BCUT2D eigenvalue weighted by atomic mass is 32.2. The molecule has 2 amide bonds. The highest BCUT2D eigenvalue weighted by Gasteiger charge is 2.34. The zero-order valence-corrected chi connectivity index (χ0v) is 18.5.